The van der Waals surface area contributed by atoms with Crippen LogP contribution >= 0.6 is 0 Å². The molecule has 0 aromatic heterocycles. The first-order valence-electron chi connectivity index (χ1n) is 6.66. The van der Waals surface area contributed by atoms with Gasteiger partial charge in [0.15, 0.2) is 5.75 Å². The third-order valence-electron chi connectivity index (χ3n) is 2.56. The molecule has 1 aromatic rings. The molecule has 1 aromatic carbocycles. The number of aliphatic hydroxyl groups is 1. The van der Waals surface area contributed by atoms with Gasteiger partial charge in [-0.3, -0.25) is 10.1 Å². The molecule has 6 nitrogen and oxygen atoms in total. The van der Waals surface area contributed by atoms with Crippen molar-refractivity contribution in [3.8, 4) is 5.75 Å². The summed E-state index contributed by atoms with van der Waals surface area (Å²) in [6.07, 6.45) is 1.01. The molecule has 0 aliphatic carbocycles. The first-order chi connectivity index (χ1) is 9.33. The van der Waals surface area contributed by atoms with Crippen molar-refractivity contribution in [2.75, 3.05) is 13.2 Å². The minimum atomic E-state index is -1.03. The predicted octanol–water partition coefficient (Wildman–Crippen LogP) is 2.24. The molecule has 0 saturated carbocycles. The Morgan fingerprint density at radius 2 is 2.15 bits per heavy atom. The van der Waals surface area contributed by atoms with Crippen LogP contribution in [-0.4, -0.2) is 28.8 Å². The smallest absolute Gasteiger partial charge is 0.311 e. The summed E-state index contributed by atoms with van der Waals surface area (Å²) in [5.41, 5.74) is -0.277. The molecule has 0 bridgehead atoms. The molecule has 0 amide bonds. The predicted molar refractivity (Wildman–Crippen MR) is 76.9 cm³/mol. The number of nitrogens with one attached hydrogen (secondary N) is 1. The lowest BCUT2D eigenvalue weighted by atomic mass is 10.1. The van der Waals surface area contributed by atoms with Crippen LogP contribution in [0.15, 0.2) is 18.2 Å². The van der Waals surface area contributed by atoms with Crippen molar-refractivity contribution < 1.29 is 14.8 Å². The molecule has 0 atom stereocenters. The number of nitro benzene ring substituents is 1. The van der Waals surface area contributed by atoms with Crippen LogP contribution in [0.3, 0.4) is 0 Å². The van der Waals surface area contributed by atoms with E-state index in [0.29, 0.717) is 6.54 Å². The van der Waals surface area contributed by atoms with Crippen LogP contribution in [0, 0.1) is 10.1 Å². The Balaban J connectivity index is 2.82. The monoisotopic (exact) mass is 282 g/mol. The maximum Gasteiger partial charge on any atom is 0.311 e. The minimum absolute atomic E-state index is 0.00126. The van der Waals surface area contributed by atoms with Crippen molar-refractivity contribution in [3.05, 3.63) is 33.9 Å². The summed E-state index contributed by atoms with van der Waals surface area (Å²) in [6, 6.07) is 4.87. The van der Waals surface area contributed by atoms with Gasteiger partial charge in [-0.15, -0.1) is 0 Å². The lowest BCUT2D eigenvalue weighted by molar-refractivity contribution is -0.386. The van der Waals surface area contributed by atoms with Crippen LogP contribution in [-0.2, 0) is 6.54 Å². The van der Waals surface area contributed by atoms with E-state index in [9.17, 15) is 15.2 Å². The zero-order valence-corrected chi connectivity index (χ0v) is 12.2. The molecular formula is C14H22N2O4. The number of benzene rings is 1. The number of nitro groups is 1. The van der Waals surface area contributed by atoms with Gasteiger partial charge in [-0.2, -0.15) is 0 Å². The number of rotatable bonds is 8. The summed E-state index contributed by atoms with van der Waals surface area (Å²) in [4.78, 5) is 10.6. The lowest BCUT2D eigenvalue weighted by Gasteiger charge is -2.17. The summed E-state index contributed by atoms with van der Waals surface area (Å²) in [6.45, 7) is 6.68. The molecule has 0 saturated heterocycles. The van der Waals surface area contributed by atoms with Crippen LogP contribution in [0.2, 0.25) is 0 Å². The fourth-order valence-corrected chi connectivity index (χ4v) is 1.60. The number of hydrogen-bond acceptors (Lipinski definition) is 5. The van der Waals surface area contributed by atoms with Crippen LogP contribution in [0.1, 0.15) is 32.8 Å². The van der Waals surface area contributed by atoms with Gasteiger partial charge in [0, 0.05) is 12.6 Å². The minimum Gasteiger partial charge on any atom is -0.484 e. The Morgan fingerprint density at radius 1 is 1.45 bits per heavy atom. The number of ether oxygens (including phenoxy) is 1. The van der Waals surface area contributed by atoms with Crippen LogP contribution < -0.4 is 10.1 Å². The zero-order valence-electron chi connectivity index (χ0n) is 12.2. The zero-order chi connectivity index (χ0) is 15.2. The normalized spacial score (nSPS) is 11.4. The number of nitrogens with zero attached hydrogens (tertiary/aromatic N) is 1. The van der Waals surface area contributed by atoms with Gasteiger partial charge in [-0.1, -0.05) is 13.0 Å². The van der Waals surface area contributed by atoms with Gasteiger partial charge in [0.25, 0.3) is 0 Å². The third-order valence-corrected chi connectivity index (χ3v) is 2.56. The standard InChI is InChI=1S/C14H22N2O4/c1-4-7-15-9-11-5-6-13(12(8-11)16(18)19)20-10-14(2,3)17/h5-6,8,15,17H,4,7,9-10H2,1-3H3. The summed E-state index contributed by atoms with van der Waals surface area (Å²) in [5.74, 6) is 0.177. The van der Waals surface area contributed by atoms with Crippen molar-refractivity contribution in [1.29, 1.82) is 0 Å². The van der Waals surface area contributed by atoms with E-state index < -0.39 is 10.5 Å². The molecule has 0 radical (unpaired) electrons. The molecule has 1 rings (SSSR count). The fraction of sp³-hybridized carbons (Fsp3) is 0.571. The molecule has 6 heteroatoms. The average Bonchev–Trinajstić information content (AvgIpc) is 2.36. The van der Waals surface area contributed by atoms with E-state index in [-0.39, 0.29) is 18.0 Å². The molecule has 2 N–H and O–H groups in total. The highest BCUT2D eigenvalue weighted by Crippen LogP contribution is 2.28. The average molecular weight is 282 g/mol. The molecule has 0 unspecified atom stereocenters. The van der Waals surface area contributed by atoms with Gasteiger partial charge in [-0.05, 0) is 38.4 Å². The van der Waals surface area contributed by atoms with Crippen molar-refractivity contribution in [2.24, 2.45) is 0 Å². The third kappa shape index (κ3) is 5.54. The van der Waals surface area contributed by atoms with Gasteiger partial charge in [-0.25, -0.2) is 0 Å². The Hall–Kier alpha value is -1.66. The molecule has 0 aliphatic rings. The lowest BCUT2D eigenvalue weighted by Crippen LogP contribution is -2.28. The maximum atomic E-state index is 11.1. The molecule has 0 spiro atoms. The summed E-state index contributed by atoms with van der Waals surface area (Å²) in [5, 5.41) is 23.9. The largest absolute Gasteiger partial charge is 0.484 e. The topological polar surface area (TPSA) is 84.6 Å². The second-order valence-electron chi connectivity index (χ2n) is 5.34. The molecular weight excluding hydrogens is 260 g/mol. The summed E-state index contributed by atoms with van der Waals surface area (Å²) >= 11 is 0. The highest BCUT2D eigenvalue weighted by molar-refractivity contribution is 5.48. The van der Waals surface area contributed by atoms with Crippen molar-refractivity contribution in [2.45, 2.75) is 39.3 Å². The van der Waals surface area contributed by atoms with Crippen LogP contribution in [0.5, 0.6) is 5.75 Å². The van der Waals surface area contributed by atoms with E-state index >= 15 is 0 Å². The Labute approximate surface area is 118 Å². The van der Waals surface area contributed by atoms with E-state index in [1.54, 1.807) is 26.0 Å². The van der Waals surface area contributed by atoms with Gasteiger partial charge in [0.05, 0.1) is 10.5 Å². The second-order valence-corrected chi connectivity index (χ2v) is 5.34. The van der Waals surface area contributed by atoms with E-state index in [1.807, 2.05) is 0 Å². The van der Waals surface area contributed by atoms with Crippen molar-refractivity contribution >= 4 is 5.69 Å². The number of hydrogen-bond donors (Lipinski definition) is 2. The molecule has 0 aliphatic heterocycles. The Kier molecular flexibility index (Phi) is 5.91. The van der Waals surface area contributed by atoms with E-state index in [0.717, 1.165) is 18.5 Å². The van der Waals surface area contributed by atoms with E-state index in [1.165, 1.54) is 6.07 Å². The van der Waals surface area contributed by atoms with Gasteiger partial charge >= 0.3 is 5.69 Å². The quantitative estimate of drug-likeness (QED) is 0.434. The molecule has 0 heterocycles. The summed E-state index contributed by atoms with van der Waals surface area (Å²) in [7, 11) is 0. The second kappa shape index (κ2) is 7.21. The highest BCUT2D eigenvalue weighted by Gasteiger charge is 2.19. The van der Waals surface area contributed by atoms with Gasteiger partial charge in [0.2, 0.25) is 0 Å². The SMILES string of the molecule is CCCNCc1ccc(OCC(C)(C)O)c([N+](=O)[O-])c1. The first-order valence-corrected chi connectivity index (χ1v) is 6.66. The van der Waals surface area contributed by atoms with Crippen molar-refractivity contribution in [1.82, 2.24) is 5.32 Å². The molecule has 112 valence electrons. The highest BCUT2D eigenvalue weighted by atomic mass is 16.6. The maximum absolute atomic E-state index is 11.1. The van der Waals surface area contributed by atoms with E-state index in [4.69, 9.17) is 4.74 Å². The first kappa shape index (κ1) is 16.4. The van der Waals surface area contributed by atoms with Gasteiger partial charge in [0.1, 0.15) is 6.61 Å². The van der Waals surface area contributed by atoms with Gasteiger partial charge < -0.3 is 15.2 Å². The Morgan fingerprint density at radius 3 is 2.70 bits per heavy atom. The molecule has 0 fully saturated rings. The summed E-state index contributed by atoms with van der Waals surface area (Å²) < 4.78 is 5.33. The Bertz CT molecular complexity index is 455. The fourth-order valence-electron chi connectivity index (χ4n) is 1.60. The van der Waals surface area contributed by atoms with E-state index in [2.05, 4.69) is 12.2 Å². The van der Waals surface area contributed by atoms with Crippen molar-refractivity contribution in [3.63, 3.8) is 0 Å². The van der Waals surface area contributed by atoms with Crippen LogP contribution in [0.25, 0.3) is 0 Å². The molecule has 20 heavy (non-hydrogen) atoms. The van der Waals surface area contributed by atoms with Crippen LogP contribution in [0.4, 0.5) is 5.69 Å².